The molecule has 0 aromatic rings. The van der Waals surface area contributed by atoms with Crippen molar-refractivity contribution in [3.8, 4) is 0 Å². The van der Waals surface area contributed by atoms with Gasteiger partial charge in [-0.15, -0.1) is 0 Å². The molecule has 0 saturated carbocycles. The van der Waals surface area contributed by atoms with E-state index in [0.717, 1.165) is 11.1 Å². The summed E-state index contributed by atoms with van der Waals surface area (Å²) in [5.74, 6) is 0. The smallest absolute Gasteiger partial charge is 0.423 e. The van der Waals surface area contributed by atoms with Gasteiger partial charge in [0.2, 0.25) is 0 Å². The summed E-state index contributed by atoms with van der Waals surface area (Å²) in [5, 5.41) is 17.9. The summed E-state index contributed by atoms with van der Waals surface area (Å²) in [5.41, 5.74) is 2.04. The van der Waals surface area contributed by atoms with Crippen LogP contribution in [0.25, 0.3) is 0 Å². The first-order chi connectivity index (χ1) is 7.02. The molecule has 0 radical (unpaired) electrons. The van der Waals surface area contributed by atoms with Crippen LogP contribution >= 0.6 is 0 Å². The van der Waals surface area contributed by atoms with E-state index in [2.05, 4.69) is 13.2 Å². The van der Waals surface area contributed by atoms with Crippen LogP contribution < -0.4 is 0 Å². The molecule has 0 aliphatic heterocycles. The monoisotopic (exact) mass is 204 g/mol. The van der Waals surface area contributed by atoms with Crippen molar-refractivity contribution in [2.24, 2.45) is 0 Å². The van der Waals surface area contributed by atoms with Crippen LogP contribution in [0, 0.1) is 0 Å². The van der Waals surface area contributed by atoms with Crippen LogP contribution in [-0.2, 0) is 0 Å². The molecule has 0 aliphatic carbocycles. The predicted octanol–water partition coefficient (Wildman–Crippen LogP) is 2.19. The second-order valence-corrected chi connectivity index (χ2v) is 3.12. The Morgan fingerprint density at radius 1 is 1.33 bits per heavy atom. The molecule has 15 heavy (non-hydrogen) atoms. The van der Waals surface area contributed by atoms with Gasteiger partial charge in [0.25, 0.3) is 0 Å². The Morgan fingerprint density at radius 3 is 2.33 bits per heavy atom. The molecule has 0 atom stereocenters. The third-order valence-electron chi connectivity index (χ3n) is 1.92. The Kier molecular flexibility index (Phi) is 6.42. The van der Waals surface area contributed by atoms with Crippen LogP contribution in [0.2, 0.25) is 0 Å². The van der Waals surface area contributed by atoms with E-state index in [1.165, 1.54) is 6.08 Å². The maximum absolute atomic E-state index is 8.96. The summed E-state index contributed by atoms with van der Waals surface area (Å²) >= 11 is 0. The highest BCUT2D eigenvalue weighted by Crippen LogP contribution is 2.12. The lowest BCUT2D eigenvalue weighted by Crippen LogP contribution is -2.13. The van der Waals surface area contributed by atoms with E-state index >= 15 is 0 Å². The predicted molar refractivity (Wildman–Crippen MR) is 66.2 cm³/mol. The van der Waals surface area contributed by atoms with Crippen molar-refractivity contribution in [1.82, 2.24) is 0 Å². The van der Waals surface area contributed by atoms with Gasteiger partial charge in [-0.25, -0.2) is 0 Å². The molecule has 2 nitrogen and oxygen atoms in total. The number of rotatable bonds is 5. The first kappa shape index (κ1) is 13.7. The Bertz CT molecular complexity index is 323. The zero-order chi connectivity index (χ0) is 11.8. The van der Waals surface area contributed by atoms with Crippen LogP contribution in [0.5, 0.6) is 0 Å². The molecule has 0 fully saturated rings. The van der Waals surface area contributed by atoms with Crippen LogP contribution in [0.3, 0.4) is 0 Å². The molecule has 0 spiro atoms. The summed E-state index contributed by atoms with van der Waals surface area (Å²) in [7, 11) is -1.51. The van der Waals surface area contributed by atoms with Crippen molar-refractivity contribution in [2.75, 3.05) is 0 Å². The summed E-state index contributed by atoms with van der Waals surface area (Å²) in [6.07, 6.45) is 8.72. The zero-order valence-electron chi connectivity index (χ0n) is 9.27. The average molecular weight is 204 g/mol. The lowest BCUT2D eigenvalue weighted by Gasteiger charge is -2.03. The SMILES string of the molecule is C=C/C(=C\C(=C)/C(C)=C/C=C\C)B(O)O. The van der Waals surface area contributed by atoms with Crippen molar-refractivity contribution in [3.05, 3.63) is 60.2 Å². The van der Waals surface area contributed by atoms with E-state index in [0.29, 0.717) is 5.47 Å². The topological polar surface area (TPSA) is 40.5 Å². The molecule has 0 unspecified atom stereocenters. The highest BCUT2D eigenvalue weighted by atomic mass is 16.4. The van der Waals surface area contributed by atoms with Gasteiger partial charge in [-0.3, -0.25) is 0 Å². The van der Waals surface area contributed by atoms with Gasteiger partial charge in [-0.1, -0.05) is 43.5 Å². The minimum atomic E-state index is -1.51. The fourth-order valence-corrected chi connectivity index (χ4v) is 0.901. The fourth-order valence-electron chi connectivity index (χ4n) is 0.901. The van der Waals surface area contributed by atoms with Crippen LogP contribution in [-0.4, -0.2) is 17.2 Å². The van der Waals surface area contributed by atoms with E-state index in [1.54, 1.807) is 6.08 Å². The van der Waals surface area contributed by atoms with E-state index < -0.39 is 7.12 Å². The van der Waals surface area contributed by atoms with Gasteiger partial charge in [-0.05, 0) is 30.5 Å². The van der Waals surface area contributed by atoms with E-state index in [4.69, 9.17) is 10.0 Å². The maximum Gasteiger partial charge on any atom is 0.488 e. The van der Waals surface area contributed by atoms with Gasteiger partial charge in [0.15, 0.2) is 0 Å². The van der Waals surface area contributed by atoms with Gasteiger partial charge in [0, 0.05) is 0 Å². The molecule has 80 valence electrons. The van der Waals surface area contributed by atoms with Crippen molar-refractivity contribution < 1.29 is 10.0 Å². The van der Waals surface area contributed by atoms with Gasteiger partial charge in [0.05, 0.1) is 0 Å². The van der Waals surface area contributed by atoms with Gasteiger partial charge >= 0.3 is 7.12 Å². The maximum atomic E-state index is 8.96. The van der Waals surface area contributed by atoms with E-state index in [-0.39, 0.29) is 0 Å². The Balaban J connectivity index is 4.80. The second-order valence-electron chi connectivity index (χ2n) is 3.12. The molecule has 0 aromatic heterocycles. The first-order valence-corrected chi connectivity index (χ1v) is 4.72. The van der Waals surface area contributed by atoms with Crippen molar-refractivity contribution in [1.29, 1.82) is 0 Å². The number of hydrogen-bond acceptors (Lipinski definition) is 2. The molecule has 0 aliphatic rings. The minimum Gasteiger partial charge on any atom is -0.423 e. The Hall–Kier alpha value is -1.32. The highest BCUT2D eigenvalue weighted by molar-refractivity contribution is 6.51. The molecule has 0 rings (SSSR count). The molecule has 3 heteroatoms. The molecule has 0 heterocycles. The standard InChI is InChI=1S/C12H17BO2/c1-5-7-8-10(3)11(4)9-12(6-2)13(14)15/h5-9,14-15H,2,4H2,1,3H3/b7-5-,10-8+,12-9+. The van der Waals surface area contributed by atoms with E-state index in [1.807, 2.05) is 32.1 Å². The highest BCUT2D eigenvalue weighted by Gasteiger charge is 2.11. The lowest BCUT2D eigenvalue weighted by atomic mass is 9.78. The third kappa shape index (κ3) is 5.20. The molecular weight excluding hydrogens is 187 g/mol. The summed E-state index contributed by atoms with van der Waals surface area (Å²) in [4.78, 5) is 0. The summed E-state index contributed by atoms with van der Waals surface area (Å²) < 4.78 is 0. The Labute approximate surface area is 91.8 Å². The van der Waals surface area contributed by atoms with E-state index in [9.17, 15) is 0 Å². The zero-order valence-corrected chi connectivity index (χ0v) is 9.27. The Morgan fingerprint density at radius 2 is 1.93 bits per heavy atom. The second kappa shape index (κ2) is 7.04. The van der Waals surface area contributed by atoms with Crippen LogP contribution in [0.1, 0.15) is 13.8 Å². The number of allylic oxidation sites excluding steroid dienone is 8. The van der Waals surface area contributed by atoms with Crippen LogP contribution in [0.15, 0.2) is 60.2 Å². The number of hydrogen-bond donors (Lipinski definition) is 2. The van der Waals surface area contributed by atoms with Crippen molar-refractivity contribution >= 4 is 7.12 Å². The quantitative estimate of drug-likeness (QED) is 0.532. The van der Waals surface area contributed by atoms with Crippen LogP contribution in [0.4, 0.5) is 0 Å². The molecule has 0 aromatic carbocycles. The van der Waals surface area contributed by atoms with Crippen molar-refractivity contribution in [3.63, 3.8) is 0 Å². The van der Waals surface area contributed by atoms with Gasteiger partial charge < -0.3 is 10.0 Å². The molecule has 0 amide bonds. The molecule has 0 saturated heterocycles. The average Bonchev–Trinajstić information content (AvgIpc) is 2.21. The third-order valence-corrected chi connectivity index (χ3v) is 1.92. The normalized spacial score (nSPS) is 13.1. The lowest BCUT2D eigenvalue weighted by molar-refractivity contribution is 0.420. The van der Waals surface area contributed by atoms with Crippen molar-refractivity contribution in [2.45, 2.75) is 13.8 Å². The largest absolute Gasteiger partial charge is 0.488 e. The molecule has 2 N–H and O–H groups in total. The minimum absolute atomic E-state index is 0.341. The summed E-state index contributed by atoms with van der Waals surface area (Å²) in [6.45, 7) is 11.2. The summed E-state index contributed by atoms with van der Waals surface area (Å²) in [6, 6.07) is 0. The molecule has 0 bridgehead atoms. The van der Waals surface area contributed by atoms with Gasteiger partial charge in [-0.2, -0.15) is 0 Å². The first-order valence-electron chi connectivity index (χ1n) is 4.72. The fraction of sp³-hybridized carbons (Fsp3) is 0.167. The van der Waals surface area contributed by atoms with Gasteiger partial charge in [0.1, 0.15) is 0 Å². The molecular formula is C12H17BO2.